The van der Waals surface area contributed by atoms with Crippen molar-refractivity contribution in [3.8, 4) is 5.75 Å². The first-order valence-corrected chi connectivity index (χ1v) is 7.85. The average Bonchev–Trinajstić information content (AvgIpc) is 2.48. The zero-order valence-corrected chi connectivity index (χ0v) is 14.4. The minimum Gasteiger partial charge on any atom is -0.480 e. The van der Waals surface area contributed by atoms with Crippen molar-refractivity contribution < 1.29 is 9.53 Å². The van der Waals surface area contributed by atoms with Gasteiger partial charge in [-0.05, 0) is 50.4 Å². The van der Waals surface area contributed by atoms with Gasteiger partial charge >= 0.3 is 0 Å². The predicted octanol–water partition coefficient (Wildman–Crippen LogP) is 2.69. The molecule has 3 unspecified atom stereocenters. The van der Waals surface area contributed by atoms with Crippen LogP contribution in [0.15, 0.2) is 24.3 Å². The largest absolute Gasteiger partial charge is 0.480 e. The molecule has 1 aromatic rings. The molecule has 1 aliphatic rings. The fourth-order valence-electron chi connectivity index (χ4n) is 2.67. The van der Waals surface area contributed by atoms with Gasteiger partial charge in [-0.3, -0.25) is 4.79 Å². The van der Waals surface area contributed by atoms with E-state index in [9.17, 15) is 4.79 Å². The first-order valence-electron chi connectivity index (χ1n) is 7.85. The monoisotopic (exact) mass is 326 g/mol. The molecule has 5 heteroatoms. The van der Waals surface area contributed by atoms with E-state index in [1.807, 2.05) is 38.1 Å². The van der Waals surface area contributed by atoms with Crippen LogP contribution < -0.4 is 15.4 Å². The summed E-state index contributed by atoms with van der Waals surface area (Å²) in [6, 6.07) is 8.06. The fraction of sp³-hybridized carbons (Fsp3) is 0.588. The highest BCUT2D eigenvalue weighted by Gasteiger charge is 2.26. The second-order valence-corrected chi connectivity index (χ2v) is 5.87. The normalized spacial score (nSPS) is 22.3. The van der Waals surface area contributed by atoms with Gasteiger partial charge in [-0.1, -0.05) is 32.0 Å². The van der Waals surface area contributed by atoms with Crippen LogP contribution >= 0.6 is 12.4 Å². The van der Waals surface area contributed by atoms with Gasteiger partial charge in [-0.25, -0.2) is 0 Å². The van der Waals surface area contributed by atoms with E-state index in [1.54, 1.807) is 0 Å². The van der Waals surface area contributed by atoms with Crippen LogP contribution in [0.5, 0.6) is 5.75 Å². The summed E-state index contributed by atoms with van der Waals surface area (Å²) in [7, 11) is 0. The van der Waals surface area contributed by atoms with Gasteiger partial charge in [0.2, 0.25) is 0 Å². The molecule has 2 N–H and O–H groups in total. The van der Waals surface area contributed by atoms with E-state index in [1.165, 1.54) is 0 Å². The third-order valence-electron chi connectivity index (χ3n) is 4.14. The molecule has 1 aromatic carbocycles. The van der Waals surface area contributed by atoms with E-state index in [-0.39, 0.29) is 24.4 Å². The van der Waals surface area contributed by atoms with E-state index in [2.05, 4.69) is 17.6 Å². The van der Waals surface area contributed by atoms with Crippen molar-refractivity contribution in [3.63, 3.8) is 0 Å². The molecule has 4 nitrogen and oxygen atoms in total. The molecule has 3 atom stereocenters. The lowest BCUT2D eigenvalue weighted by molar-refractivity contribution is -0.129. The number of rotatable bonds is 5. The second-order valence-electron chi connectivity index (χ2n) is 5.87. The van der Waals surface area contributed by atoms with Gasteiger partial charge in [0, 0.05) is 6.04 Å². The quantitative estimate of drug-likeness (QED) is 0.874. The number of hydrogen-bond donors (Lipinski definition) is 2. The van der Waals surface area contributed by atoms with Crippen molar-refractivity contribution in [2.75, 3.05) is 13.1 Å². The number of benzene rings is 1. The molecular formula is C17H27ClN2O2. The van der Waals surface area contributed by atoms with Crippen LogP contribution in [0.3, 0.4) is 0 Å². The summed E-state index contributed by atoms with van der Waals surface area (Å²) >= 11 is 0. The summed E-state index contributed by atoms with van der Waals surface area (Å²) in [5.41, 5.74) is 1.05. The Balaban J connectivity index is 0.00000242. The van der Waals surface area contributed by atoms with Crippen molar-refractivity contribution in [2.24, 2.45) is 5.92 Å². The standard InChI is InChI=1S/C17H26N2O2.ClH/c1-4-15(21-16-8-6-5-7-12(16)2)17(20)19-14-9-10-18-11-13(14)3;/h5-8,13-15,18H,4,9-11H2,1-3H3,(H,19,20);1H. The lowest BCUT2D eigenvalue weighted by atomic mass is 9.95. The van der Waals surface area contributed by atoms with E-state index in [0.717, 1.165) is 30.8 Å². The number of halogens is 1. The molecule has 0 spiro atoms. The molecule has 1 aliphatic heterocycles. The number of aryl methyl sites for hydroxylation is 1. The van der Waals surface area contributed by atoms with Crippen molar-refractivity contribution in [3.05, 3.63) is 29.8 Å². The minimum atomic E-state index is -0.423. The Labute approximate surface area is 139 Å². The maximum atomic E-state index is 12.4. The zero-order valence-electron chi connectivity index (χ0n) is 13.6. The number of hydrogen-bond acceptors (Lipinski definition) is 3. The van der Waals surface area contributed by atoms with Gasteiger partial charge in [-0.15, -0.1) is 12.4 Å². The summed E-state index contributed by atoms with van der Waals surface area (Å²) in [4.78, 5) is 12.4. The lowest BCUT2D eigenvalue weighted by Crippen LogP contribution is -2.51. The SMILES string of the molecule is CCC(Oc1ccccc1C)C(=O)NC1CCNCC1C.Cl. The van der Waals surface area contributed by atoms with Crippen molar-refractivity contribution in [2.45, 2.75) is 45.8 Å². The zero-order chi connectivity index (χ0) is 15.2. The Kier molecular flexibility index (Phi) is 7.69. The minimum absolute atomic E-state index is 0. The molecule has 2 rings (SSSR count). The van der Waals surface area contributed by atoms with Crippen molar-refractivity contribution in [1.82, 2.24) is 10.6 Å². The summed E-state index contributed by atoms with van der Waals surface area (Å²) in [5.74, 6) is 1.25. The Morgan fingerprint density at radius 2 is 2.18 bits per heavy atom. The Bertz CT molecular complexity index is 481. The van der Waals surface area contributed by atoms with Crippen LogP contribution in [0.25, 0.3) is 0 Å². The third-order valence-corrected chi connectivity index (χ3v) is 4.14. The van der Waals surface area contributed by atoms with Crippen LogP contribution in [-0.2, 0) is 4.79 Å². The van der Waals surface area contributed by atoms with Crippen molar-refractivity contribution in [1.29, 1.82) is 0 Å². The van der Waals surface area contributed by atoms with Gasteiger partial charge in [0.15, 0.2) is 6.10 Å². The Hall–Kier alpha value is -1.26. The molecule has 124 valence electrons. The number of piperidine rings is 1. The predicted molar refractivity (Wildman–Crippen MR) is 91.7 cm³/mol. The molecule has 0 aromatic heterocycles. The molecule has 1 saturated heterocycles. The molecule has 1 amide bonds. The highest BCUT2D eigenvalue weighted by molar-refractivity contribution is 5.85. The molecule has 1 fully saturated rings. The number of para-hydroxylation sites is 1. The number of amides is 1. The molecule has 1 heterocycles. The maximum Gasteiger partial charge on any atom is 0.261 e. The van der Waals surface area contributed by atoms with Gasteiger partial charge < -0.3 is 15.4 Å². The van der Waals surface area contributed by atoms with Gasteiger partial charge in [-0.2, -0.15) is 0 Å². The van der Waals surface area contributed by atoms with Crippen LogP contribution in [0.1, 0.15) is 32.3 Å². The number of nitrogens with one attached hydrogen (secondary N) is 2. The molecule has 0 bridgehead atoms. The van der Waals surface area contributed by atoms with Crippen LogP contribution in [-0.4, -0.2) is 31.1 Å². The number of carbonyl (C=O) groups excluding carboxylic acids is 1. The average molecular weight is 327 g/mol. The Morgan fingerprint density at radius 1 is 1.45 bits per heavy atom. The number of ether oxygens (including phenoxy) is 1. The van der Waals surface area contributed by atoms with E-state index < -0.39 is 6.10 Å². The molecule has 0 aliphatic carbocycles. The van der Waals surface area contributed by atoms with Gasteiger partial charge in [0.25, 0.3) is 5.91 Å². The molecule has 0 radical (unpaired) electrons. The van der Waals surface area contributed by atoms with Gasteiger partial charge in [0.05, 0.1) is 0 Å². The highest BCUT2D eigenvalue weighted by atomic mass is 35.5. The molecule has 22 heavy (non-hydrogen) atoms. The number of carbonyl (C=O) groups is 1. The first-order chi connectivity index (χ1) is 10.1. The molecular weight excluding hydrogens is 300 g/mol. The summed E-state index contributed by atoms with van der Waals surface area (Å²) in [6.07, 6.45) is 1.22. The van der Waals surface area contributed by atoms with E-state index >= 15 is 0 Å². The molecule has 0 saturated carbocycles. The third kappa shape index (κ3) is 4.89. The van der Waals surface area contributed by atoms with Crippen LogP contribution in [0.4, 0.5) is 0 Å². The smallest absolute Gasteiger partial charge is 0.261 e. The first kappa shape index (κ1) is 18.8. The Morgan fingerprint density at radius 3 is 2.82 bits per heavy atom. The van der Waals surface area contributed by atoms with E-state index in [4.69, 9.17) is 4.74 Å². The summed E-state index contributed by atoms with van der Waals surface area (Å²) in [6.45, 7) is 8.06. The second kappa shape index (κ2) is 9.01. The summed E-state index contributed by atoms with van der Waals surface area (Å²) < 4.78 is 5.91. The highest BCUT2D eigenvalue weighted by Crippen LogP contribution is 2.19. The van der Waals surface area contributed by atoms with Gasteiger partial charge in [0.1, 0.15) is 5.75 Å². The fourth-order valence-corrected chi connectivity index (χ4v) is 2.67. The van der Waals surface area contributed by atoms with Crippen molar-refractivity contribution >= 4 is 18.3 Å². The van der Waals surface area contributed by atoms with E-state index in [0.29, 0.717) is 12.3 Å². The summed E-state index contributed by atoms with van der Waals surface area (Å²) in [5, 5.41) is 6.50. The maximum absolute atomic E-state index is 12.4. The lowest BCUT2D eigenvalue weighted by Gasteiger charge is -2.31. The van der Waals surface area contributed by atoms with Crippen LogP contribution in [0, 0.1) is 12.8 Å². The topological polar surface area (TPSA) is 50.4 Å². The van der Waals surface area contributed by atoms with Crippen LogP contribution in [0.2, 0.25) is 0 Å².